The molecule has 0 radical (unpaired) electrons. The van der Waals surface area contributed by atoms with E-state index in [2.05, 4.69) is 57.8 Å². The molecule has 1 aromatic heterocycles. The molecule has 5 nitrogen and oxygen atoms in total. The molecular weight excluding hydrogens is 504 g/mol. The number of methoxy groups -OCH3 is 1. The van der Waals surface area contributed by atoms with E-state index in [0.717, 1.165) is 58.7 Å². The number of aliphatic hydroxyl groups excluding tert-OH is 1. The molecule has 3 aromatic rings. The van der Waals surface area contributed by atoms with Gasteiger partial charge in [0.1, 0.15) is 13.3 Å². The molecule has 0 bridgehead atoms. The second kappa shape index (κ2) is 10.1. The maximum Gasteiger partial charge on any atom is 0.161 e. The summed E-state index contributed by atoms with van der Waals surface area (Å²) in [7, 11) is 1.70. The van der Waals surface area contributed by atoms with Gasteiger partial charge in [0, 0.05) is 34.9 Å². The third-order valence-corrected chi connectivity index (χ3v) is 8.09. The minimum atomic E-state index is -0.0568. The van der Waals surface area contributed by atoms with Crippen molar-refractivity contribution >= 4 is 26.5 Å². The topological polar surface area (TPSA) is 46.9 Å². The number of hydrogen-bond donors (Lipinski definition) is 1. The minimum absolute atomic E-state index is 0.0568. The van der Waals surface area contributed by atoms with E-state index in [0.29, 0.717) is 6.61 Å². The third-order valence-electron chi connectivity index (χ3n) is 7.23. The number of nitrogens with zero attached hydrogens (tertiary/aromatic N) is 2. The third kappa shape index (κ3) is 4.24. The molecule has 35 heavy (non-hydrogen) atoms. The summed E-state index contributed by atoms with van der Waals surface area (Å²) < 4.78 is 15.0. The van der Waals surface area contributed by atoms with Gasteiger partial charge in [0.2, 0.25) is 0 Å². The summed E-state index contributed by atoms with van der Waals surface area (Å²) in [5, 5.41) is 10.2. The van der Waals surface area contributed by atoms with Crippen molar-refractivity contribution in [1.29, 1.82) is 0 Å². The van der Waals surface area contributed by atoms with Gasteiger partial charge in [0.25, 0.3) is 0 Å². The smallest absolute Gasteiger partial charge is 0.161 e. The Morgan fingerprint density at radius 1 is 1.23 bits per heavy atom. The molecule has 2 aliphatic heterocycles. The van der Waals surface area contributed by atoms with Crippen molar-refractivity contribution in [2.24, 2.45) is 0 Å². The normalized spacial score (nSPS) is 17.4. The Labute approximate surface area is 215 Å². The van der Waals surface area contributed by atoms with Crippen molar-refractivity contribution in [3.05, 3.63) is 94.3 Å². The quantitative estimate of drug-likeness (QED) is 0.399. The van der Waals surface area contributed by atoms with E-state index in [-0.39, 0.29) is 12.8 Å². The lowest BCUT2D eigenvalue weighted by molar-refractivity contribution is 0.144. The Hall–Kier alpha value is -2.80. The van der Waals surface area contributed by atoms with E-state index < -0.39 is 0 Å². The number of aliphatic hydroxyl groups is 1. The van der Waals surface area contributed by atoms with Crippen LogP contribution in [0.2, 0.25) is 0 Å². The van der Waals surface area contributed by atoms with Crippen molar-refractivity contribution < 1.29 is 14.6 Å². The first-order valence-corrected chi connectivity index (χ1v) is 12.8. The van der Waals surface area contributed by atoms with Gasteiger partial charge in [-0.05, 0) is 60.2 Å². The number of ether oxygens (including phenoxy) is 2. The molecule has 1 unspecified atom stereocenters. The highest BCUT2D eigenvalue weighted by atomic mass is 79.9. The Morgan fingerprint density at radius 3 is 2.71 bits per heavy atom. The van der Waals surface area contributed by atoms with Gasteiger partial charge in [-0.1, -0.05) is 58.9 Å². The van der Waals surface area contributed by atoms with Crippen LogP contribution in [0.3, 0.4) is 0 Å². The predicted octanol–water partition coefficient (Wildman–Crippen LogP) is 6.08. The molecule has 0 fully saturated rings. The zero-order valence-electron chi connectivity index (χ0n) is 20.3. The molecule has 0 amide bonds. The fourth-order valence-electron chi connectivity index (χ4n) is 5.51. The first kappa shape index (κ1) is 23.9. The number of benzene rings is 2. The number of allylic oxidation sites excluding steroid dienone is 1. The van der Waals surface area contributed by atoms with Crippen molar-refractivity contribution in [2.75, 3.05) is 13.7 Å². The Balaban J connectivity index is 1.52. The van der Waals surface area contributed by atoms with E-state index in [1.807, 2.05) is 35.8 Å². The molecule has 1 atom stereocenters. The summed E-state index contributed by atoms with van der Waals surface area (Å²) in [5.41, 5.74) is 8.28. The molecule has 0 saturated carbocycles. The average molecular weight is 535 g/mol. The Bertz CT molecular complexity index is 1280. The van der Waals surface area contributed by atoms with Crippen LogP contribution in [0.5, 0.6) is 11.5 Å². The summed E-state index contributed by atoms with van der Waals surface area (Å²) >= 11 is 3.76. The van der Waals surface area contributed by atoms with Crippen LogP contribution in [0.4, 0.5) is 0 Å². The summed E-state index contributed by atoms with van der Waals surface area (Å²) in [5.74, 6) is 1.56. The number of aromatic nitrogens is 1. The maximum absolute atomic E-state index is 10.2. The van der Waals surface area contributed by atoms with E-state index >= 15 is 0 Å². The van der Waals surface area contributed by atoms with E-state index in [1.165, 1.54) is 22.4 Å². The highest BCUT2D eigenvalue weighted by Crippen LogP contribution is 2.46. The molecule has 5 rings (SSSR count). The van der Waals surface area contributed by atoms with Crippen LogP contribution in [0.1, 0.15) is 52.2 Å². The average Bonchev–Trinajstić information content (AvgIpc) is 3.22. The fraction of sp³-hybridized carbons (Fsp3) is 0.310. The van der Waals surface area contributed by atoms with Gasteiger partial charge in [-0.15, -0.1) is 0 Å². The lowest BCUT2D eigenvalue weighted by Crippen LogP contribution is -2.40. The number of halogens is 1. The van der Waals surface area contributed by atoms with Gasteiger partial charge in [-0.3, -0.25) is 4.90 Å². The van der Waals surface area contributed by atoms with Gasteiger partial charge in [0.15, 0.2) is 11.5 Å². The largest absolute Gasteiger partial charge is 0.493 e. The van der Waals surface area contributed by atoms with Crippen LogP contribution in [0, 0.1) is 0 Å². The predicted molar refractivity (Wildman–Crippen MR) is 144 cm³/mol. The SMILES string of the molecule is C=Cc1c(/C(Br)=C\C)c2c(n1CO)CN1CCc3cc(OCc4ccccc4)c(OC)cc3C1C2. The Kier molecular flexibility index (Phi) is 6.87. The number of rotatable bonds is 7. The zero-order valence-corrected chi connectivity index (χ0v) is 21.8. The second-order valence-electron chi connectivity index (χ2n) is 9.01. The van der Waals surface area contributed by atoms with Gasteiger partial charge < -0.3 is 19.1 Å². The highest BCUT2D eigenvalue weighted by molar-refractivity contribution is 9.15. The van der Waals surface area contributed by atoms with Crippen LogP contribution in [-0.4, -0.2) is 28.2 Å². The van der Waals surface area contributed by atoms with Crippen molar-refractivity contribution in [2.45, 2.75) is 45.7 Å². The van der Waals surface area contributed by atoms with Crippen molar-refractivity contribution in [1.82, 2.24) is 9.47 Å². The van der Waals surface area contributed by atoms with E-state index in [9.17, 15) is 5.11 Å². The van der Waals surface area contributed by atoms with Gasteiger partial charge in [-0.2, -0.15) is 0 Å². The molecule has 0 spiro atoms. The maximum atomic E-state index is 10.2. The van der Waals surface area contributed by atoms with Crippen LogP contribution in [0.15, 0.2) is 55.1 Å². The lowest BCUT2D eigenvalue weighted by Gasteiger charge is -2.41. The first-order chi connectivity index (χ1) is 17.1. The molecule has 6 heteroatoms. The zero-order chi connectivity index (χ0) is 24.5. The van der Waals surface area contributed by atoms with Gasteiger partial charge >= 0.3 is 0 Å². The molecule has 0 aliphatic carbocycles. The summed E-state index contributed by atoms with van der Waals surface area (Å²) in [6.45, 7) is 8.26. The van der Waals surface area contributed by atoms with E-state index in [1.54, 1.807) is 7.11 Å². The van der Waals surface area contributed by atoms with Gasteiger partial charge in [0.05, 0.1) is 12.8 Å². The summed E-state index contributed by atoms with van der Waals surface area (Å²) in [6, 6.07) is 14.8. The molecule has 2 aromatic carbocycles. The lowest BCUT2D eigenvalue weighted by atomic mass is 9.84. The first-order valence-electron chi connectivity index (χ1n) is 12.0. The van der Waals surface area contributed by atoms with Crippen LogP contribution < -0.4 is 9.47 Å². The van der Waals surface area contributed by atoms with Crippen LogP contribution >= 0.6 is 15.9 Å². The summed E-state index contributed by atoms with van der Waals surface area (Å²) in [4.78, 5) is 2.51. The van der Waals surface area contributed by atoms with E-state index in [4.69, 9.17) is 9.47 Å². The molecule has 2 aliphatic rings. The monoisotopic (exact) mass is 534 g/mol. The Morgan fingerprint density at radius 2 is 2.03 bits per heavy atom. The van der Waals surface area contributed by atoms with Crippen molar-refractivity contribution in [3.63, 3.8) is 0 Å². The molecule has 1 N–H and O–H groups in total. The number of fused-ring (bicyclic) bond motifs is 4. The van der Waals surface area contributed by atoms with Crippen molar-refractivity contribution in [3.8, 4) is 11.5 Å². The summed E-state index contributed by atoms with van der Waals surface area (Å²) in [6.07, 6.45) is 5.72. The molecule has 0 saturated heterocycles. The molecule has 3 heterocycles. The molecular formula is C29H31BrN2O3. The second-order valence-corrected chi connectivity index (χ2v) is 9.87. The minimum Gasteiger partial charge on any atom is -0.493 e. The highest BCUT2D eigenvalue weighted by Gasteiger charge is 2.37. The van der Waals surface area contributed by atoms with Gasteiger partial charge in [-0.25, -0.2) is 0 Å². The molecule has 182 valence electrons. The van der Waals surface area contributed by atoms with Crippen LogP contribution in [-0.2, 0) is 32.7 Å². The van der Waals surface area contributed by atoms with Crippen LogP contribution in [0.25, 0.3) is 10.6 Å². The standard InChI is InChI=1S/C29H31BrN2O3/c1-4-23(30)29-22-14-25-21-15-27(34-3)28(35-17-19-9-7-6-8-10-19)13-20(21)11-12-31(25)16-26(22)32(18-33)24(29)5-2/h4-10,13,15,25,33H,2,11-12,14,16-18H2,1,3H3/b23-4+. The number of hydrogen-bond acceptors (Lipinski definition) is 4. The fourth-order valence-corrected chi connectivity index (χ4v) is 5.95.